The molecule has 0 aromatic rings. The minimum absolute atomic E-state index is 0.211. The van der Waals surface area contributed by atoms with E-state index in [2.05, 4.69) is 4.74 Å². The monoisotopic (exact) mass is 279 g/mol. The highest BCUT2D eigenvalue weighted by Gasteiger charge is 2.51. The molecule has 0 saturated carbocycles. The zero-order valence-corrected chi connectivity index (χ0v) is 11.5. The number of likely N-dealkylation sites (tertiary alicyclic amines) is 1. The molecule has 1 fully saturated rings. The Morgan fingerprint density at radius 3 is 2.42 bits per heavy atom. The molecule has 0 N–H and O–H groups in total. The second kappa shape index (κ2) is 5.30. The number of nitrogens with zero attached hydrogens (tertiary/aromatic N) is 1. The summed E-state index contributed by atoms with van der Waals surface area (Å²) in [5.74, 6) is -5.05. The number of carbonyl (C=O) groups is 2. The van der Waals surface area contributed by atoms with Gasteiger partial charge in [-0.15, -0.1) is 0 Å². The maximum absolute atomic E-state index is 13.7. The SMILES string of the molecule is COC(=O)CC1CN(C(=O)OC(C)(C)C)CC1(F)F. The predicted octanol–water partition coefficient (Wildman–Crippen LogP) is 2.05. The van der Waals surface area contributed by atoms with Crippen molar-refractivity contribution in [1.29, 1.82) is 0 Å². The van der Waals surface area contributed by atoms with E-state index in [0.717, 1.165) is 12.0 Å². The highest BCUT2D eigenvalue weighted by Crippen LogP contribution is 2.36. The molecule has 110 valence electrons. The van der Waals surface area contributed by atoms with Gasteiger partial charge in [0.15, 0.2) is 0 Å². The Balaban J connectivity index is 2.67. The van der Waals surface area contributed by atoms with E-state index in [1.807, 2.05) is 0 Å². The molecule has 19 heavy (non-hydrogen) atoms. The summed E-state index contributed by atoms with van der Waals surface area (Å²) in [5.41, 5.74) is -0.743. The largest absolute Gasteiger partial charge is 0.469 e. The smallest absolute Gasteiger partial charge is 0.410 e. The van der Waals surface area contributed by atoms with Crippen molar-refractivity contribution in [2.45, 2.75) is 38.7 Å². The fourth-order valence-electron chi connectivity index (χ4n) is 1.81. The average Bonchev–Trinajstić information content (AvgIpc) is 2.52. The van der Waals surface area contributed by atoms with E-state index in [-0.39, 0.29) is 6.54 Å². The second-order valence-electron chi connectivity index (χ2n) is 5.60. The van der Waals surface area contributed by atoms with E-state index in [4.69, 9.17) is 4.74 Å². The van der Waals surface area contributed by atoms with Gasteiger partial charge in [-0.2, -0.15) is 0 Å². The van der Waals surface area contributed by atoms with E-state index >= 15 is 0 Å². The van der Waals surface area contributed by atoms with Crippen LogP contribution in [0.25, 0.3) is 0 Å². The fourth-order valence-corrected chi connectivity index (χ4v) is 1.81. The van der Waals surface area contributed by atoms with Crippen LogP contribution in [0.5, 0.6) is 0 Å². The summed E-state index contributed by atoms with van der Waals surface area (Å²) in [7, 11) is 1.14. The Hall–Kier alpha value is -1.40. The molecule has 0 radical (unpaired) electrons. The van der Waals surface area contributed by atoms with Crippen LogP contribution in [0.1, 0.15) is 27.2 Å². The lowest BCUT2D eigenvalue weighted by atomic mass is 10.0. The molecule has 1 saturated heterocycles. The predicted molar refractivity (Wildman–Crippen MR) is 62.9 cm³/mol. The maximum atomic E-state index is 13.7. The van der Waals surface area contributed by atoms with E-state index in [1.54, 1.807) is 20.8 Å². The van der Waals surface area contributed by atoms with E-state index < -0.39 is 42.5 Å². The Labute approximate surface area is 110 Å². The number of halogens is 2. The van der Waals surface area contributed by atoms with Gasteiger partial charge in [-0.3, -0.25) is 4.79 Å². The number of alkyl halides is 2. The van der Waals surface area contributed by atoms with E-state index in [0.29, 0.717) is 0 Å². The molecule has 1 aliphatic heterocycles. The van der Waals surface area contributed by atoms with Gasteiger partial charge in [0.05, 0.1) is 26.0 Å². The maximum Gasteiger partial charge on any atom is 0.410 e. The van der Waals surface area contributed by atoms with Gasteiger partial charge < -0.3 is 14.4 Å². The molecule has 1 atom stereocenters. The lowest BCUT2D eigenvalue weighted by Gasteiger charge is -2.24. The Bertz CT molecular complexity index is 365. The van der Waals surface area contributed by atoms with Crippen molar-refractivity contribution in [2.24, 2.45) is 5.92 Å². The quantitative estimate of drug-likeness (QED) is 0.726. The molecule has 1 heterocycles. The van der Waals surface area contributed by atoms with Gasteiger partial charge in [0.2, 0.25) is 0 Å². The first-order valence-electron chi connectivity index (χ1n) is 5.98. The van der Waals surface area contributed by atoms with Gasteiger partial charge in [0.25, 0.3) is 5.92 Å². The molecule has 7 heteroatoms. The molecule has 0 aromatic heterocycles. The van der Waals surface area contributed by atoms with Crippen molar-refractivity contribution in [3.63, 3.8) is 0 Å². The second-order valence-corrected chi connectivity index (χ2v) is 5.60. The Morgan fingerprint density at radius 1 is 1.37 bits per heavy atom. The number of methoxy groups -OCH3 is 1. The van der Waals surface area contributed by atoms with Crippen LogP contribution in [0.2, 0.25) is 0 Å². The minimum atomic E-state index is -3.11. The van der Waals surface area contributed by atoms with Gasteiger partial charge in [-0.05, 0) is 20.8 Å². The number of rotatable bonds is 2. The van der Waals surface area contributed by atoms with Crippen LogP contribution >= 0.6 is 0 Å². The molecule has 0 aromatic carbocycles. The molecular formula is C12H19F2NO4. The third-order valence-electron chi connectivity index (χ3n) is 2.73. The summed E-state index contributed by atoms with van der Waals surface area (Å²) in [5, 5.41) is 0. The first-order chi connectivity index (χ1) is 8.55. The van der Waals surface area contributed by atoms with Crippen molar-refractivity contribution in [1.82, 2.24) is 4.90 Å². The molecule has 0 bridgehead atoms. The number of hydrogen-bond acceptors (Lipinski definition) is 4. The molecule has 1 aliphatic rings. The van der Waals surface area contributed by atoms with Gasteiger partial charge in [-0.1, -0.05) is 0 Å². The minimum Gasteiger partial charge on any atom is -0.469 e. The summed E-state index contributed by atoms with van der Waals surface area (Å²) in [6.45, 7) is 4.03. The van der Waals surface area contributed by atoms with Crippen LogP contribution in [0.15, 0.2) is 0 Å². The molecule has 1 rings (SSSR count). The van der Waals surface area contributed by atoms with Crippen LogP contribution in [-0.2, 0) is 14.3 Å². The molecule has 1 amide bonds. The van der Waals surface area contributed by atoms with E-state index in [1.165, 1.54) is 0 Å². The number of carbonyl (C=O) groups excluding carboxylic acids is 2. The summed E-state index contributed by atoms with van der Waals surface area (Å²) in [6.07, 6.45) is -1.21. The molecule has 0 aliphatic carbocycles. The van der Waals surface area contributed by atoms with Crippen LogP contribution in [-0.4, -0.2) is 48.7 Å². The Kier molecular flexibility index (Phi) is 4.37. The molecule has 1 unspecified atom stereocenters. The first kappa shape index (κ1) is 15.7. The summed E-state index contributed by atoms with van der Waals surface area (Å²) in [4.78, 5) is 23.7. The fraction of sp³-hybridized carbons (Fsp3) is 0.833. The number of amides is 1. The van der Waals surface area contributed by atoms with Crippen molar-refractivity contribution in [3.05, 3.63) is 0 Å². The summed E-state index contributed by atoms with van der Waals surface area (Å²) < 4.78 is 36.8. The number of ether oxygens (including phenoxy) is 2. The molecular weight excluding hydrogens is 260 g/mol. The first-order valence-corrected chi connectivity index (χ1v) is 5.98. The number of esters is 1. The van der Waals surface area contributed by atoms with E-state index in [9.17, 15) is 18.4 Å². The van der Waals surface area contributed by atoms with Gasteiger partial charge in [0.1, 0.15) is 5.60 Å². The van der Waals surface area contributed by atoms with Crippen molar-refractivity contribution in [2.75, 3.05) is 20.2 Å². The Morgan fingerprint density at radius 2 is 1.95 bits per heavy atom. The van der Waals surface area contributed by atoms with Crippen LogP contribution in [0, 0.1) is 5.92 Å². The van der Waals surface area contributed by atoms with Crippen molar-refractivity contribution < 1.29 is 27.8 Å². The van der Waals surface area contributed by atoms with Crippen LogP contribution in [0.4, 0.5) is 13.6 Å². The normalized spacial score (nSPS) is 22.2. The lowest BCUT2D eigenvalue weighted by Crippen LogP contribution is -2.36. The molecule has 5 nitrogen and oxygen atoms in total. The van der Waals surface area contributed by atoms with Gasteiger partial charge in [0, 0.05) is 6.54 Å². The average molecular weight is 279 g/mol. The van der Waals surface area contributed by atoms with Crippen LogP contribution < -0.4 is 0 Å². The zero-order chi connectivity index (χ0) is 14.8. The standard InChI is InChI=1S/C12H19F2NO4/c1-11(2,3)19-10(17)15-6-8(5-9(16)18-4)12(13,14)7-15/h8H,5-7H2,1-4H3. The lowest BCUT2D eigenvalue weighted by molar-refractivity contribution is -0.144. The van der Waals surface area contributed by atoms with Crippen molar-refractivity contribution in [3.8, 4) is 0 Å². The number of hydrogen-bond donors (Lipinski definition) is 0. The zero-order valence-electron chi connectivity index (χ0n) is 11.5. The third kappa shape index (κ3) is 4.33. The van der Waals surface area contributed by atoms with Crippen molar-refractivity contribution >= 4 is 12.1 Å². The summed E-state index contributed by atoms with van der Waals surface area (Å²) in [6, 6.07) is 0. The van der Waals surface area contributed by atoms with Gasteiger partial charge >= 0.3 is 12.1 Å². The molecule has 0 spiro atoms. The topological polar surface area (TPSA) is 55.8 Å². The summed E-state index contributed by atoms with van der Waals surface area (Å²) >= 11 is 0. The van der Waals surface area contributed by atoms with Gasteiger partial charge in [-0.25, -0.2) is 13.6 Å². The van der Waals surface area contributed by atoms with Crippen LogP contribution in [0.3, 0.4) is 0 Å². The third-order valence-corrected chi connectivity index (χ3v) is 2.73. The highest BCUT2D eigenvalue weighted by molar-refractivity contribution is 5.71. The highest BCUT2D eigenvalue weighted by atomic mass is 19.3.